The van der Waals surface area contributed by atoms with Gasteiger partial charge in [-0.3, -0.25) is 19.6 Å². The van der Waals surface area contributed by atoms with Crippen molar-refractivity contribution < 1.29 is 9.59 Å². The fourth-order valence-electron chi connectivity index (χ4n) is 5.16. The number of carbonyl (C=O) groups excluding carboxylic acids is 2. The third kappa shape index (κ3) is 3.72. The summed E-state index contributed by atoms with van der Waals surface area (Å²) in [7, 11) is 0. The molecule has 0 fully saturated rings. The summed E-state index contributed by atoms with van der Waals surface area (Å²) in [6.45, 7) is 2.98. The smallest absolute Gasteiger partial charge is 0.152 e. The average molecular weight is 519 g/mol. The monoisotopic (exact) mass is 518 g/mol. The minimum Gasteiger partial charge on any atom is -0.298 e. The summed E-state index contributed by atoms with van der Waals surface area (Å²) in [5.74, 6) is -0.517. The van der Waals surface area contributed by atoms with Gasteiger partial charge in [0.05, 0.1) is 21.1 Å². The molecule has 4 heterocycles. The van der Waals surface area contributed by atoms with Crippen molar-refractivity contribution >= 4 is 54.4 Å². The Morgan fingerprint density at radius 3 is 1.46 bits per heavy atom. The van der Waals surface area contributed by atoms with Crippen molar-refractivity contribution in [3.8, 4) is 21.1 Å². The predicted molar refractivity (Wildman–Crippen MR) is 152 cm³/mol. The van der Waals surface area contributed by atoms with E-state index in [1.807, 2.05) is 36.4 Å². The molecule has 6 heteroatoms. The van der Waals surface area contributed by atoms with Gasteiger partial charge in [-0.1, -0.05) is 48.5 Å². The van der Waals surface area contributed by atoms with Gasteiger partial charge in [0.25, 0.3) is 0 Å². The zero-order chi connectivity index (χ0) is 25.6. The number of ketones is 2. The third-order valence-corrected chi connectivity index (χ3v) is 9.04. The van der Waals surface area contributed by atoms with Crippen molar-refractivity contribution in [1.82, 2.24) is 9.97 Å². The quantitative estimate of drug-likeness (QED) is 0.212. The Labute approximate surface area is 222 Å². The highest BCUT2D eigenvalue weighted by Gasteiger charge is 2.48. The number of thiophene rings is 2. The maximum atomic E-state index is 13.8. The zero-order valence-electron chi connectivity index (χ0n) is 20.3. The van der Waals surface area contributed by atoms with Crippen molar-refractivity contribution in [3.63, 3.8) is 0 Å². The lowest BCUT2D eigenvalue weighted by Gasteiger charge is -2.32. The summed E-state index contributed by atoms with van der Waals surface area (Å²) >= 11 is 3.21. The fraction of sp³-hybridized carbons (Fsp3) is 0.0968. The molecular weight excluding hydrogens is 496 g/mol. The molecule has 4 aromatic heterocycles. The van der Waals surface area contributed by atoms with Crippen LogP contribution in [0.2, 0.25) is 0 Å². The van der Waals surface area contributed by atoms with Gasteiger partial charge in [0.1, 0.15) is 5.41 Å². The van der Waals surface area contributed by atoms with E-state index < -0.39 is 5.41 Å². The summed E-state index contributed by atoms with van der Waals surface area (Å²) in [5, 5.41) is 2.20. The van der Waals surface area contributed by atoms with Crippen LogP contribution < -0.4 is 0 Å². The topological polar surface area (TPSA) is 59.9 Å². The third-order valence-electron chi connectivity index (χ3n) is 6.80. The van der Waals surface area contributed by atoms with E-state index in [1.165, 1.54) is 13.8 Å². The fourth-order valence-corrected chi connectivity index (χ4v) is 7.30. The van der Waals surface area contributed by atoms with Gasteiger partial charge < -0.3 is 0 Å². The van der Waals surface area contributed by atoms with E-state index in [0.717, 1.165) is 29.9 Å². The standard InChI is InChI=1S/C31H22N2O2S2/c1-19(34)31(20(2)35,23-11-7-15-32-29(23)27-17-21-9-3-5-13-25(21)36-27)24-12-8-16-33-30(24)28-18-22-10-4-6-14-26(22)37-28/h3-18H,1-2H3. The molecule has 0 bridgehead atoms. The Bertz CT molecular complexity index is 1620. The highest BCUT2D eigenvalue weighted by atomic mass is 32.1. The largest absolute Gasteiger partial charge is 0.298 e. The van der Waals surface area contributed by atoms with E-state index in [0.29, 0.717) is 22.5 Å². The SMILES string of the molecule is CC(=O)C(C(C)=O)(c1cccnc1-c1cc2ccccc2s1)c1cccnc1-c1cc2ccccc2s1. The van der Waals surface area contributed by atoms with Crippen LogP contribution in [-0.2, 0) is 15.0 Å². The second-order valence-electron chi connectivity index (χ2n) is 8.96. The summed E-state index contributed by atoms with van der Waals surface area (Å²) in [6, 6.07) is 27.7. The zero-order valence-corrected chi connectivity index (χ0v) is 21.9. The molecule has 0 saturated heterocycles. The first-order chi connectivity index (χ1) is 18.0. The van der Waals surface area contributed by atoms with Gasteiger partial charge in [-0.15, -0.1) is 22.7 Å². The first-order valence-electron chi connectivity index (χ1n) is 11.9. The minimum atomic E-state index is -1.56. The summed E-state index contributed by atoms with van der Waals surface area (Å²) in [6.07, 6.45) is 3.43. The number of pyridine rings is 2. The summed E-state index contributed by atoms with van der Waals surface area (Å²) in [4.78, 5) is 38.8. The van der Waals surface area contributed by atoms with Crippen molar-refractivity contribution in [1.29, 1.82) is 0 Å². The number of aromatic nitrogens is 2. The Balaban J connectivity index is 1.65. The van der Waals surface area contributed by atoms with Crippen LogP contribution >= 0.6 is 22.7 Å². The first kappa shape index (κ1) is 23.4. The lowest BCUT2D eigenvalue weighted by Crippen LogP contribution is -2.43. The van der Waals surface area contributed by atoms with Gasteiger partial charge in [0, 0.05) is 32.9 Å². The number of hydrogen-bond donors (Lipinski definition) is 0. The van der Waals surface area contributed by atoms with Gasteiger partial charge in [-0.05, 0) is 61.0 Å². The highest BCUT2D eigenvalue weighted by molar-refractivity contribution is 7.22. The van der Waals surface area contributed by atoms with Crippen molar-refractivity contribution in [2.75, 3.05) is 0 Å². The average Bonchev–Trinajstić information content (AvgIpc) is 3.54. The number of fused-ring (bicyclic) bond motifs is 2. The molecule has 0 aliphatic carbocycles. The van der Waals surface area contributed by atoms with Crippen LogP contribution in [0, 0.1) is 0 Å². The normalized spacial score (nSPS) is 11.7. The van der Waals surface area contributed by atoms with Gasteiger partial charge >= 0.3 is 0 Å². The van der Waals surface area contributed by atoms with E-state index >= 15 is 0 Å². The van der Waals surface area contributed by atoms with Crippen LogP contribution in [0.25, 0.3) is 41.3 Å². The van der Waals surface area contributed by atoms with Crippen LogP contribution in [0.4, 0.5) is 0 Å². The second-order valence-corrected chi connectivity index (χ2v) is 11.1. The molecule has 180 valence electrons. The molecule has 0 amide bonds. The van der Waals surface area contributed by atoms with Crippen molar-refractivity contribution in [3.05, 3.63) is 108 Å². The number of Topliss-reactive ketones (excluding diaryl/α,β-unsaturated/α-hetero) is 2. The van der Waals surface area contributed by atoms with Gasteiger partial charge in [-0.25, -0.2) is 0 Å². The Hall–Kier alpha value is -4.00. The predicted octanol–water partition coefficient (Wildman–Crippen LogP) is 7.70. The molecule has 6 rings (SSSR count). The lowest BCUT2D eigenvalue weighted by molar-refractivity contribution is -0.130. The van der Waals surface area contributed by atoms with Gasteiger partial charge in [0.15, 0.2) is 11.6 Å². The lowest BCUT2D eigenvalue weighted by atomic mass is 9.67. The van der Waals surface area contributed by atoms with E-state index in [4.69, 9.17) is 9.97 Å². The molecule has 4 nitrogen and oxygen atoms in total. The van der Waals surface area contributed by atoms with Gasteiger partial charge in [0.2, 0.25) is 0 Å². The molecule has 0 N–H and O–H groups in total. The number of carbonyl (C=O) groups is 2. The molecule has 0 saturated carbocycles. The van der Waals surface area contributed by atoms with Crippen molar-refractivity contribution in [2.24, 2.45) is 0 Å². The van der Waals surface area contributed by atoms with Crippen molar-refractivity contribution in [2.45, 2.75) is 19.3 Å². The molecule has 2 aromatic carbocycles. The molecular formula is C31H22N2O2S2. The number of rotatable bonds is 6. The Kier molecular flexibility index (Phi) is 5.78. The molecule has 37 heavy (non-hydrogen) atoms. The first-order valence-corrected chi connectivity index (χ1v) is 13.5. The Morgan fingerprint density at radius 2 is 1.05 bits per heavy atom. The van der Waals surface area contributed by atoms with Crippen LogP contribution in [0.1, 0.15) is 25.0 Å². The molecule has 0 unspecified atom stereocenters. The van der Waals surface area contributed by atoms with E-state index in [-0.39, 0.29) is 11.6 Å². The van der Waals surface area contributed by atoms with E-state index in [1.54, 1.807) is 47.2 Å². The van der Waals surface area contributed by atoms with Crippen LogP contribution in [0.15, 0.2) is 97.3 Å². The van der Waals surface area contributed by atoms with Crippen LogP contribution in [0.5, 0.6) is 0 Å². The minimum absolute atomic E-state index is 0.259. The number of benzene rings is 2. The molecule has 0 aliphatic rings. The molecule has 6 aromatic rings. The molecule has 0 spiro atoms. The summed E-state index contributed by atoms with van der Waals surface area (Å²) in [5.41, 5.74) is 0.883. The molecule has 0 atom stereocenters. The number of nitrogens with zero attached hydrogens (tertiary/aromatic N) is 2. The van der Waals surface area contributed by atoms with E-state index in [9.17, 15) is 9.59 Å². The van der Waals surface area contributed by atoms with E-state index in [2.05, 4.69) is 36.4 Å². The summed E-state index contributed by atoms with van der Waals surface area (Å²) < 4.78 is 2.25. The Morgan fingerprint density at radius 1 is 0.622 bits per heavy atom. The van der Waals surface area contributed by atoms with Gasteiger partial charge in [-0.2, -0.15) is 0 Å². The molecule has 0 aliphatic heterocycles. The highest BCUT2D eigenvalue weighted by Crippen LogP contribution is 2.46. The molecule has 0 radical (unpaired) electrons. The maximum Gasteiger partial charge on any atom is 0.152 e. The van der Waals surface area contributed by atoms with Crippen LogP contribution in [0.3, 0.4) is 0 Å². The number of hydrogen-bond acceptors (Lipinski definition) is 6. The van der Waals surface area contributed by atoms with Crippen LogP contribution in [-0.4, -0.2) is 21.5 Å². The maximum absolute atomic E-state index is 13.8. The second kappa shape index (κ2) is 9.14.